The van der Waals surface area contributed by atoms with Gasteiger partial charge in [0.25, 0.3) is 0 Å². The number of nitrogens with two attached hydrogens (primary N) is 1. The van der Waals surface area contributed by atoms with E-state index in [1.807, 2.05) is 0 Å². The number of carbonyl (C=O) groups is 1. The number of hydrogen-bond acceptors (Lipinski definition) is 3. The molecule has 0 saturated carbocycles. The minimum Gasteiger partial charge on any atom is -0.368 e. The molecule has 0 spiro atoms. The van der Waals surface area contributed by atoms with E-state index in [2.05, 4.69) is 44.8 Å². The Bertz CT molecular complexity index is 242. The molecule has 0 aromatic rings. The maximum absolute atomic E-state index is 11.6. The van der Waals surface area contributed by atoms with Crippen LogP contribution in [0.4, 0.5) is 0 Å². The molecular formula is C16H35N3O. The molecule has 0 bridgehead atoms. The Kier molecular flexibility index (Phi) is 10.8. The zero-order valence-corrected chi connectivity index (χ0v) is 14.1. The molecule has 0 aromatic heterocycles. The van der Waals surface area contributed by atoms with E-state index in [1.54, 1.807) is 0 Å². The molecule has 120 valence electrons. The Morgan fingerprint density at radius 2 is 1.60 bits per heavy atom. The van der Waals surface area contributed by atoms with Crippen molar-refractivity contribution in [3.8, 4) is 0 Å². The van der Waals surface area contributed by atoms with Crippen LogP contribution in [0.5, 0.6) is 0 Å². The quantitative estimate of drug-likeness (QED) is 0.578. The third-order valence-corrected chi connectivity index (χ3v) is 3.47. The summed E-state index contributed by atoms with van der Waals surface area (Å²) in [6.07, 6.45) is 3.34. The predicted molar refractivity (Wildman–Crippen MR) is 86.6 cm³/mol. The number of rotatable bonds is 12. The predicted octanol–water partition coefficient (Wildman–Crippen LogP) is 2.23. The number of nitrogens with one attached hydrogen (secondary N) is 1. The van der Waals surface area contributed by atoms with Gasteiger partial charge in [0.1, 0.15) is 0 Å². The summed E-state index contributed by atoms with van der Waals surface area (Å²) in [7, 11) is 0. The van der Waals surface area contributed by atoms with E-state index in [0.29, 0.717) is 11.8 Å². The molecule has 1 unspecified atom stereocenters. The van der Waals surface area contributed by atoms with E-state index in [1.165, 1.54) is 0 Å². The fourth-order valence-electron chi connectivity index (χ4n) is 2.01. The van der Waals surface area contributed by atoms with Gasteiger partial charge in [0.15, 0.2) is 0 Å². The lowest BCUT2D eigenvalue weighted by Gasteiger charge is -2.28. The van der Waals surface area contributed by atoms with Gasteiger partial charge >= 0.3 is 0 Å². The number of primary amides is 1. The van der Waals surface area contributed by atoms with Crippen LogP contribution in [0.25, 0.3) is 0 Å². The van der Waals surface area contributed by atoms with Crippen molar-refractivity contribution in [2.24, 2.45) is 17.6 Å². The van der Waals surface area contributed by atoms with Crippen LogP contribution < -0.4 is 11.1 Å². The van der Waals surface area contributed by atoms with Crippen LogP contribution in [0, 0.1) is 11.8 Å². The Hall–Kier alpha value is -0.610. The highest BCUT2D eigenvalue weighted by Crippen LogP contribution is 2.07. The maximum atomic E-state index is 11.6. The fourth-order valence-corrected chi connectivity index (χ4v) is 2.01. The van der Waals surface area contributed by atoms with Gasteiger partial charge in [0, 0.05) is 6.54 Å². The minimum atomic E-state index is -0.238. The summed E-state index contributed by atoms with van der Waals surface area (Å²) in [5, 5.41) is 3.26. The molecule has 0 aliphatic carbocycles. The number of hydrogen-bond donors (Lipinski definition) is 2. The number of carbonyl (C=O) groups excluding carboxylic acids is 1. The van der Waals surface area contributed by atoms with Gasteiger partial charge in [-0.05, 0) is 50.7 Å². The van der Waals surface area contributed by atoms with E-state index in [9.17, 15) is 4.79 Å². The molecule has 1 amide bonds. The van der Waals surface area contributed by atoms with E-state index in [-0.39, 0.29) is 11.9 Å². The Balaban J connectivity index is 4.42. The zero-order chi connectivity index (χ0) is 15.5. The topological polar surface area (TPSA) is 58.4 Å². The van der Waals surface area contributed by atoms with Gasteiger partial charge in [-0.2, -0.15) is 0 Å². The standard InChI is InChI=1S/C16H35N3O/c1-6-9-18-15(16(17)20)12-19(10-7-13(2)3)11-8-14(4)5/h13-15,18H,6-12H2,1-5H3,(H2,17,20). The Morgan fingerprint density at radius 3 is 1.95 bits per heavy atom. The molecule has 0 aromatic carbocycles. The van der Waals surface area contributed by atoms with E-state index >= 15 is 0 Å². The zero-order valence-electron chi connectivity index (χ0n) is 14.1. The van der Waals surface area contributed by atoms with Crippen LogP contribution in [0.15, 0.2) is 0 Å². The molecule has 0 rings (SSSR count). The number of nitrogens with zero attached hydrogens (tertiary/aromatic N) is 1. The molecule has 3 N–H and O–H groups in total. The molecule has 1 atom stereocenters. The first-order valence-electron chi connectivity index (χ1n) is 8.11. The van der Waals surface area contributed by atoms with Crippen LogP contribution in [-0.4, -0.2) is 43.0 Å². The van der Waals surface area contributed by atoms with Gasteiger partial charge in [-0.1, -0.05) is 34.6 Å². The first-order valence-corrected chi connectivity index (χ1v) is 8.11. The van der Waals surface area contributed by atoms with E-state index in [0.717, 1.165) is 45.4 Å². The molecule has 0 fully saturated rings. The highest BCUT2D eigenvalue weighted by atomic mass is 16.1. The summed E-state index contributed by atoms with van der Waals surface area (Å²) in [6.45, 7) is 14.7. The Morgan fingerprint density at radius 1 is 1.10 bits per heavy atom. The first-order chi connectivity index (χ1) is 9.36. The maximum Gasteiger partial charge on any atom is 0.235 e. The summed E-state index contributed by atoms with van der Waals surface area (Å²) >= 11 is 0. The van der Waals surface area contributed by atoms with Crippen molar-refractivity contribution in [1.82, 2.24) is 10.2 Å². The molecule has 0 aliphatic heterocycles. The normalized spacial score (nSPS) is 13.4. The molecule has 0 heterocycles. The minimum absolute atomic E-state index is 0.228. The first kappa shape index (κ1) is 19.4. The van der Waals surface area contributed by atoms with Gasteiger partial charge in [-0.25, -0.2) is 0 Å². The van der Waals surface area contributed by atoms with Crippen LogP contribution in [0.2, 0.25) is 0 Å². The second kappa shape index (κ2) is 11.1. The molecule has 0 saturated heterocycles. The van der Waals surface area contributed by atoms with Crippen LogP contribution in [0.3, 0.4) is 0 Å². The summed E-state index contributed by atoms with van der Waals surface area (Å²) < 4.78 is 0. The van der Waals surface area contributed by atoms with Crippen molar-refractivity contribution in [2.45, 2.75) is 59.9 Å². The largest absolute Gasteiger partial charge is 0.368 e. The second-order valence-corrected chi connectivity index (χ2v) is 6.57. The summed E-state index contributed by atoms with van der Waals surface area (Å²) in [5.41, 5.74) is 5.51. The molecular weight excluding hydrogens is 250 g/mol. The molecule has 0 radical (unpaired) electrons. The van der Waals surface area contributed by atoms with Crippen molar-refractivity contribution in [2.75, 3.05) is 26.2 Å². The second-order valence-electron chi connectivity index (χ2n) is 6.57. The van der Waals surface area contributed by atoms with Crippen LogP contribution in [-0.2, 0) is 4.79 Å². The summed E-state index contributed by atoms with van der Waals surface area (Å²) in [6, 6.07) is -0.228. The highest BCUT2D eigenvalue weighted by Gasteiger charge is 2.18. The third kappa shape index (κ3) is 10.2. The Labute approximate surface area is 125 Å². The van der Waals surface area contributed by atoms with Gasteiger partial charge in [0.05, 0.1) is 6.04 Å². The van der Waals surface area contributed by atoms with Gasteiger partial charge in [0.2, 0.25) is 5.91 Å². The SMILES string of the molecule is CCCNC(CN(CCC(C)C)CCC(C)C)C(N)=O. The third-order valence-electron chi connectivity index (χ3n) is 3.47. The van der Waals surface area contributed by atoms with Crippen LogP contribution in [0.1, 0.15) is 53.9 Å². The average molecular weight is 285 g/mol. The lowest BCUT2D eigenvalue weighted by Crippen LogP contribution is -2.50. The van der Waals surface area contributed by atoms with Crippen molar-refractivity contribution in [3.63, 3.8) is 0 Å². The van der Waals surface area contributed by atoms with Crippen LogP contribution >= 0.6 is 0 Å². The van der Waals surface area contributed by atoms with Gasteiger partial charge < -0.3 is 16.0 Å². The highest BCUT2D eigenvalue weighted by molar-refractivity contribution is 5.80. The average Bonchev–Trinajstić information content (AvgIpc) is 2.35. The summed E-state index contributed by atoms with van der Waals surface area (Å²) in [4.78, 5) is 13.9. The van der Waals surface area contributed by atoms with E-state index in [4.69, 9.17) is 5.73 Å². The fraction of sp³-hybridized carbons (Fsp3) is 0.938. The lowest BCUT2D eigenvalue weighted by atomic mass is 10.1. The van der Waals surface area contributed by atoms with Crippen molar-refractivity contribution in [1.29, 1.82) is 0 Å². The lowest BCUT2D eigenvalue weighted by molar-refractivity contribution is -0.120. The van der Waals surface area contributed by atoms with Gasteiger partial charge in [-0.3, -0.25) is 4.79 Å². The van der Waals surface area contributed by atoms with E-state index < -0.39 is 0 Å². The smallest absolute Gasteiger partial charge is 0.235 e. The van der Waals surface area contributed by atoms with Gasteiger partial charge in [-0.15, -0.1) is 0 Å². The molecule has 4 nitrogen and oxygen atoms in total. The van der Waals surface area contributed by atoms with Crippen molar-refractivity contribution < 1.29 is 4.79 Å². The molecule has 4 heteroatoms. The van der Waals surface area contributed by atoms with Crippen molar-refractivity contribution in [3.05, 3.63) is 0 Å². The molecule has 20 heavy (non-hydrogen) atoms. The van der Waals surface area contributed by atoms with Crippen molar-refractivity contribution >= 4 is 5.91 Å². The summed E-state index contributed by atoms with van der Waals surface area (Å²) in [5.74, 6) is 1.14. The number of amides is 1. The molecule has 0 aliphatic rings. The monoisotopic (exact) mass is 285 g/mol.